The van der Waals surface area contributed by atoms with E-state index in [1.165, 1.54) is 18.6 Å². The SMILES string of the molecule is CC(C)(C)NS(=O)(=O)c1ccc(C(=O)NC2C3CCCC2CC(N)C3)cc1. The summed E-state index contributed by atoms with van der Waals surface area (Å²) in [6, 6.07) is 6.56. The van der Waals surface area contributed by atoms with Crippen molar-refractivity contribution in [2.45, 2.75) is 75.4 Å². The second-order valence-corrected chi connectivity index (χ2v) is 10.7. The van der Waals surface area contributed by atoms with E-state index in [4.69, 9.17) is 5.73 Å². The highest BCUT2D eigenvalue weighted by molar-refractivity contribution is 7.89. The summed E-state index contributed by atoms with van der Waals surface area (Å²) in [5.74, 6) is 0.763. The zero-order valence-corrected chi connectivity index (χ0v) is 17.2. The van der Waals surface area contributed by atoms with E-state index < -0.39 is 15.6 Å². The molecule has 1 aromatic rings. The molecule has 0 saturated heterocycles. The molecule has 3 rings (SSSR count). The van der Waals surface area contributed by atoms with Gasteiger partial charge in [0.25, 0.3) is 5.91 Å². The number of hydrogen-bond donors (Lipinski definition) is 3. The average Bonchev–Trinajstić information content (AvgIpc) is 2.53. The van der Waals surface area contributed by atoms with Crippen LogP contribution in [0.15, 0.2) is 29.2 Å². The minimum atomic E-state index is -3.60. The molecule has 4 N–H and O–H groups in total. The van der Waals surface area contributed by atoms with Gasteiger partial charge in [0.2, 0.25) is 10.0 Å². The second kappa shape index (κ2) is 7.53. The van der Waals surface area contributed by atoms with Gasteiger partial charge in [-0.1, -0.05) is 6.42 Å². The third-order valence-corrected chi connectivity index (χ3v) is 7.32. The number of sulfonamides is 1. The van der Waals surface area contributed by atoms with E-state index in [1.807, 2.05) is 0 Å². The van der Waals surface area contributed by atoms with Crippen molar-refractivity contribution >= 4 is 15.9 Å². The second-order valence-electron chi connectivity index (χ2n) is 9.06. The molecule has 27 heavy (non-hydrogen) atoms. The topological polar surface area (TPSA) is 101 Å². The molecule has 0 spiro atoms. The molecule has 2 bridgehead atoms. The number of fused-ring (bicyclic) bond motifs is 2. The minimum Gasteiger partial charge on any atom is -0.349 e. The Hall–Kier alpha value is -1.44. The first kappa shape index (κ1) is 20.3. The fourth-order valence-corrected chi connectivity index (χ4v) is 5.93. The molecule has 0 aromatic heterocycles. The van der Waals surface area contributed by atoms with E-state index in [1.54, 1.807) is 32.9 Å². The summed E-state index contributed by atoms with van der Waals surface area (Å²) in [7, 11) is -3.60. The van der Waals surface area contributed by atoms with E-state index in [0.29, 0.717) is 17.4 Å². The summed E-state index contributed by atoms with van der Waals surface area (Å²) in [5, 5.41) is 3.19. The molecule has 2 fully saturated rings. The zero-order chi connectivity index (χ0) is 19.8. The molecule has 2 unspecified atom stereocenters. The Balaban J connectivity index is 1.69. The van der Waals surface area contributed by atoms with Gasteiger partial charge in [0.15, 0.2) is 0 Å². The molecule has 1 aromatic carbocycles. The summed E-state index contributed by atoms with van der Waals surface area (Å²) < 4.78 is 27.4. The Morgan fingerprint density at radius 2 is 1.63 bits per heavy atom. The van der Waals surface area contributed by atoms with E-state index in [9.17, 15) is 13.2 Å². The maximum atomic E-state index is 12.7. The molecule has 0 aliphatic heterocycles. The number of nitrogens with two attached hydrogens (primary N) is 1. The van der Waals surface area contributed by atoms with Crippen LogP contribution in [0.1, 0.15) is 63.2 Å². The zero-order valence-electron chi connectivity index (χ0n) is 16.4. The van der Waals surface area contributed by atoms with Crippen molar-refractivity contribution in [1.29, 1.82) is 0 Å². The third kappa shape index (κ3) is 4.89. The van der Waals surface area contributed by atoms with Crippen LogP contribution in [-0.2, 0) is 10.0 Å². The highest BCUT2D eigenvalue weighted by Crippen LogP contribution is 2.39. The third-order valence-electron chi connectivity index (χ3n) is 5.54. The molecule has 1 amide bonds. The maximum absolute atomic E-state index is 12.7. The van der Waals surface area contributed by atoms with Crippen LogP contribution < -0.4 is 15.8 Å². The summed E-state index contributed by atoms with van der Waals surface area (Å²) in [4.78, 5) is 12.9. The quantitative estimate of drug-likeness (QED) is 0.731. The Kier molecular flexibility index (Phi) is 5.66. The lowest BCUT2D eigenvalue weighted by Gasteiger charge is -2.45. The van der Waals surface area contributed by atoms with E-state index in [0.717, 1.165) is 25.7 Å². The number of rotatable bonds is 4. The van der Waals surface area contributed by atoms with Gasteiger partial charge >= 0.3 is 0 Å². The van der Waals surface area contributed by atoms with E-state index >= 15 is 0 Å². The van der Waals surface area contributed by atoms with Crippen LogP contribution in [0.2, 0.25) is 0 Å². The normalized spacial score (nSPS) is 28.6. The van der Waals surface area contributed by atoms with Gasteiger partial charge in [0, 0.05) is 23.2 Å². The van der Waals surface area contributed by atoms with Crippen LogP contribution in [-0.4, -0.2) is 31.9 Å². The molecule has 150 valence electrons. The van der Waals surface area contributed by atoms with Gasteiger partial charge in [-0.25, -0.2) is 13.1 Å². The van der Waals surface area contributed by atoms with Crippen molar-refractivity contribution in [1.82, 2.24) is 10.0 Å². The summed E-state index contributed by atoms with van der Waals surface area (Å²) in [6.07, 6.45) is 5.38. The first-order chi connectivity index (χ1) is 12.5. The van der Waals surface area contributed by atoms with E-state index in [-0.39, 0.29) is 22.9 Å². The molecule has 6 nitrogen and oxygen atoms in total. The lowest BCUT2D eigenvalue weighted by molar-refractivity contribution is 0.0756. The number of carbonyl (C=O) groups is 1. The van der Waals surface area contributed by atoms with Gasteiger partial charge < -0.3 is 11.1 Å². The molecule has 2 atom stereocenters. The number of benzene rings is 1. The average molecular weight is 394 g/mol. The van der Waals surface area contributed by atoms with Gasteiger partial charge in [-0.2, -0.15) is 0 Å². The van der Waals surface area contributed by atoms with E-state index in [2.05, 4.69) is 10.0 Å². The molecular weight excluding hydrogens is 362 g/mol. The minimum absolute atomic E-state index is 0.139. The van der Waals surface area contributed by atoms with Crippen LogP contribution in [0.4, 0.5) is 0 Å². The van der Waals surface area contributed by atoms with Gasteiger partial charge in [-0.3, -0.25) is 4.79 Å². The van der Waals surface area contributed by atoms with Gasteiger partial charge in [0.1, 0.15) is 0 Å². The van der Waals surface area contributed by atoms with Crippen molar-refractivity contribution in [3.05, 3.63) is 29.8 Å². The molecule has 0 heterocycles. The van der Waals surface area contributed by atoms with Crippen molar-refractivity contribution < 1.29 is 13.2 Å². The summed E-state index contributed by atoms with van der Waals surface area (Å²) >= 11 is 0. The number of hydrogen-bond acceptors (Lipinski definition) is 4. The van der Waals surface area contributed by atoms with Crippen LogP contribution >= 0.6 is 0 Å². The fraction of sp³-hybridized carbons (Fsp3) is 0.650. The number of amides is 1. The summed E-state index contributed by atoms with van der Waals surface area (Å²) in [5.41, 5.74) is 6.08. The van der Waals surface area contributed by atoms with Crippen LogP contribution in [0.5, 0.6) is 0 Å². The lowest BCUT2D eigenvalue weighted by atomic mass is 9.67. The van der Waals surface area contributed by atoms with Gasteiger partial charge in [0.05, 0.1) is 4.90 Å². The molecular formula is C20H31N3O3S. The summed E-state index contributed by atoms with van der Waals surface area (Å²) in [6.45, 7) is 5.37. The highest BCUT2D eigenvalue weighted by Gasteiger charge is 2.40. The first-order valence-electron chi connectivity index (χ1n) is 9.76. The Morgan fingerprint density at radius 3 is 2.15 bits per heavy atom. The molecule has 7 heteroatoms. The lowest BCUT2D eigenvalue weighted by Crippen LogP contribution is -2.53. The predicted molar refractivity (Wildman–Crippen MR) is 106 cm³/mol. The van der Waals surface area contributed by atoms with Gasteiger partial charge in [-0.05, 0) is 82.6 Å². The molecule has 2 aliphatic rings. The fourth-order valence-electron chi connectivity index (χ4n) is 4.51. The molecule has 0 radical (unpaired) electrons. The Bertz CT molecular complexity index is 770. The van der Waals surface area contributed by atoms with Crippen LogP contribution in [0.3, 0.4) is 0 Å². The smallest absolute Gasteiger partial charge is 0.251 e. The van der Waals surface area contributed by atoms with Crippen molar-refractivity contribution in [3.8, 4) is 0 Å². The maximum Gasteiger partial charge on any atom is 0.251 e. The Morgan fingerprint density at radius 1 is 1.07 bits per heavy atom. The van der Waals surface area contributed by atoms with Crippen molar-refractivity contribution in [3.63, 3.8) is 0 Å². The molecule has 2 saturated carbocycles. The Labute approximate surface area is 162 Å². The molecule has 2 aliphatic carbocycles. The highest BCUT2D eigenvalue weighted by atomic mass is 32.2. The predicted octanol–water partition coefficient (Wildman–Crippen LogP) is 2.40. The van der Waals surface area contributed by atoms with Crippen LogP contribution in [0, 0.1) is 11.8 Å². The van der Waals surface area contributed by atoms with Gasteiger partial charge in [-0.15, -0.1) is 0 Å². The number of carbonyl (C=O) groups excluding carboxylic acids is 1. The van der Waals surface area contributed by atoms with Crippen molar-refractivity contribution in [2.24, 2.45) is 17.6 Å². The van der Waals surface area contributed by atoms with Crippen molar-refractivity contribution in [2.75, 3.05) is 0 Å². The first-order valence-corrected chi connectivity index (χ1v) is 11.2. The van der Waals surface area contributed by atoms with Crippen LogP contribution in [0.25, 0.3) is 0 Å². The number of nitrogens with one attached hydrogen (secondary N) is 2. The largest absolute Gasteiger partial charge is 0.349 e. The standard InChI is InChI=1S/C20H31N3O3S/c1-20(2,3)23-27(25,26)17-9-7-13(8-10-17)19(24)22-18-14-5-4-6-15(18)12-16(21)11-14/h7-10,14-16,18,23H,4-6,11-12,21H2,1-3H3,(H,22,24). The monoisotopic (exact) mass is 393 g/mol.